The Morgan fingerprint density at radius 3 is 2.40 bits per heavy atom. The van der Waals surface area contributed by atoms with Gasteiger partial charge in [0.2, 0.25) is 5.91 Å². The van der Waals surface area contributed by atoms with E-state index in [1.807, 2.05) is 13.8 Å². The Bertz CT molecular complexity index is 305. The Balaban J connectivity index is 0.00000361. The van der Waals surface area contributed by atoms with Gasteiger partial charge >= 0.3 is 5.97 Å². The summed E-state index contributed by atoms with van der Waals surface area (Å²) in [6.07, 6.45) is 1.71. The normalized spacial score (nSPS) is 15.6. The number of nitrogens with one attached hydrogen (secondary N) is 1. The van der Waals surface area contributed by atoms with Crippen LogP contribution in [-0.2, 0) is 14.3 Å². The van der Waals surface area contributed by atoms with E-state index in [9.17, 15) is 9.59 Å². The van der Waals surface area contributed by atoms with Crippen molar-refractivity contribution in [2.24, 2.45) is 11.8 Å². The molecule has 118 valence electrons. The summed E-state index contributed by atoms with van der Waals surface area (Å²) in [5, 5.41) is 3.25. The number of amides is 1. The summed E-state index contributed by atoms with van der Waals surface area (Å²) >= 11 is 0. The van der Waals surface area contributed by atoms with Crippen LogP contribution in [0, 0.1) is 11.8 Å². The molecule has 0 aromatic carbocycles. The van der Waals surface area contributed by atoms with Crippen LogP contribution in [0.4, 0.5) is 0 Å². The fourth-order valence-electron chi connectivity index (χ4n) is 2.36. The lowest BCUT2D eigenvalue weighted by Gasteiger charge is -2.30. The lowest BCUT2D eigenvalue weighted by Crippen LogP contribution is -2.45. The minimum atomic E-state index is -0.314. The molecule has 5 nitrogen and oxygen atoms in total. The molecule has 0 spiro atoms. The predicted octanol–water partition coefficient (Wildman–Crippen LogP) is 1.46. The van der Waals surface area contributed by atoms with Crippen molar-refractivity contribution in [2.45, 2.75) is 33.6 Å². The van der Waals surface area contributed by atoms with E-state index in [0.717, 1.165) is 25.9 Å². The molecule has 0 atom stereocenters. The van der Waals surface area contributed by atoms with E-state index in [2.05, 4.69) is 5.32 Å². The van der Waals surface area contributed by atoms with Gasteiger partial charge in [-0.05, 0) is 38.8 Å². The average molecular weight is 307 g/mol. The average Bonchev–Trinajstić information content (AvgIpc) is 2.38. The molecule has 1 aliphatic heterocycles. The number of hydrogen-bond acceptors (Lipinski definition) is 4. The first-order valence-corrected chi connectivity index (χ1v) is 7.19. The zero-order valence-corrected chi connectivity index (χ0v) is 13.5. The number of carbonyl (C=O) groups excluding carboxylic acids is 2. The Labute approximate surface area is 127 Å². The topological polar surface area (TPSA) is 58.6 Å². The molecule has 20 heavy (non-hydrogen) atoms. The number of rotatable bonds is 6. The van der Waals surface area contributed by atoms with Crippen molar-refractivity contribution in [3.63, 3.8) is 0 Å². The first-order chi connectivity index (χ1) is 9.04. The highest BCUT2D eigenvalue weighted by Gasteiger charge is 2.27. The van der Waals surface area contributed by atoms with Gasteiger partial charge in [-0.2, -0.15) is 0 Å². The zero-order valence-electron chi connectivity index (χ0n) is 12.7. The Hall–Kier alpha value is -0.810. The van der Waals surface area contributed by atoms with Gasteiger partial charge in [-0.15, -0.1) is 12.4 Å². The molecule has 6 heteroatoms. The number of ether oxygens (including phenoxy) is 1. The molecule has 1 fully saturated rings. The summed E-state index contributed by atoms with van der Waals surface area (Å²) in [5.74, 6) is 0.184. The largest absolute Gasteiger partial charge is 0.465 e. The van der Waals surface area contributed by atoms with E-state index in [-0.39, 0.29) is 36.7 Å². The van der Waals surface area contributed by atoms with Crippen LogP contribution in [0.25, 0.3) is 0 Å². The van der Waals surface area contributed by atoms with E-state index in [1.165, 1.54) is 0 Å². The van der Waals surface area contributed by atoms with Crippen molar-refractivity contribution < 1.29 is 14.3 Å². The lowest BCUT2D eigenvalue weighted by molar-refractivity contribution is -0.151. The minimum Gasteiger partial charge on any atom is -0.465 e. The van der Waals surface area contributed by atoms with E-state index >= 15 is 0 Å². The highest BCUT2D eigenvalue weighted by Crippen LogP contribution is 2.16. The Kier molecular flexibility index (Phi) is 9.59. The molecule has 0 radical (unpaired) electrons. The summed E-state index contributed by atoms with van der Waals surface area (Å²) < 4.78 is 4.95. The van der Waals surface area contributed by atoms with Crippen molar-refractivity contribution in [3.05, 3.63) is 0 Å². The maximum Gasteiger partial charge on any atom is 0.325 e. The molecule has 0 aromatic rings. The van der Waals surface area contributed by atoms with Gasteiger partial charge in [0.15, 0.2) is 0 Å². The van der Waals surface area contributed by atoms with Gasteiger partial charge in [0.1, 0.15) is 6.54 Å². The van der Waals surface area contributed by atoms with Crippen LogP contribution in [0.15, 0.2) is 0 Å². The second-order valence-corrected chi connectivity index (χ2v) is 5.44. The van der Waals surface area contributed by atoms with Gasteiger partial charge in [-0.1, -0.05) is 13.8 Å². The molecule has 1 saturated heterocycles. The molecule has 0 aliphatic carbocycles. The van der Waals surface area contributed by atoms with E-state index in [4.69, 9.17) is 4.74 Å². The smallest absolute Gasteiger partial charge is 0.325 e. The summed E-state index contributed by atoms with van der Waals surface area (Å²) in [7, 11) is 0. The standard InChI is InChI=1S/C14H26N2O3.ClH/c1-4-19-13(17)10-16(9-11(2)3)14(18)12-5-7-15-8-6-12;/h11-12,15H,4-10H2,1-3H3;1H. The third-order valence-corrected chi connectivity index (χ3v) is 3.21. The zero-order chi connectivity index (χ0) is 14.3. The second-order valence-electron chi connectivity index (χ2n) is 5.44. The van der Waals surface area contributed by atoms with Gasteiger partial charge in [0.05, 0.1) is 6.61 Å². The Morgan fingerprint density at radius 1 is 1.30 bits per heavy atom. The second kappa shape index (κ2) is 10.00. The molecule has 1 rings (SSSR count). The Morgan fingerprint density at radius 2 is 1.90 bits per heavy atom. The van der Waals surface area contributed by atoms with Gasteiger partial charge in [0.25, 0.3) is 0 Å². The fourth-order valence-corrected chi connectivity index (χ4v) is 2.36. The number of hydrogen-bond donors (Lipinski definition) is 1. The van der Waals surface area contributed by atoms with Crippen LogP contribution < -0.4 is 5.32 Å². The number of esters is 1. The molecule has 0 saturated carbocycles. The van der Waals surface area contributed by atoms with Gasteiger partial charge < -0.3 is 15.0 Å². The van der Waals surface area contributed by atoms with Crippen LogP contribution in [0.3, 0.4) is 0 Å². The monoisotopic (exact) mass is 306 g/mol. The molecule has 0 unspecified atom stereocenters. The van der Waals surface area contributed by atoms with Crippen molar-refractivity contribution in [1.82, 2.24) is 10.2 Å². The summed E-state index contributed by atoms with van der Waals surface area (Å²) in [6, 6.07) is 0. The molecule has 1 N–H and O–H groups in total. The van der Waals surface area contributed by atoms with Crippen LogP contribution in [0.1, 0.15) is 33.6 Å². The summed E-state index contributed by atoms with van der Waals surface area (Å²) in [6.45, 7) is 8.68. The predicted molar refractivity (Wildman–Crippen MR) is 80.9 cm³/mol. The maximum atomic E-state index is 12.5. The van der Waals surface area contributed by atoms with E-state index in [0.29, 0.717) is 19.1 Å². The van der Waals surface area contributed by atoms with E-state index < -0.39 is 0 Å². The van der Waals surface area contributed by atoms with Crippen LogP contribution in [-0.4, -0.2) is 49.6 Å². The number of nitrogens with zero attached hydrogens (tertiary/aromatic N) is 1. The summed E-state index contributed by atoms with van der Waals surface area (Å²) in [4.78, 5) is 25.7. The highest BCUT2D eigenvalue weighted by molar-refractivity contribution is 5.85. The summed E-state index contributed by atoms with van der Waals surface area (Å²) in [5.41, 5.74) is 0. The third-order valence-electron chi connectivity index (χ3n) is 3.21. The quantitative estimate of drug-likeness (QED) is 0.755. The number of carbonyl (C=O) groups is 2. The molecular weight excluding hydrogens is 280 g/mol. The van der Waals surface area contributed by atoms with Crippen LogP contribution in [0.2, 0.25) is 0 Å². The van der Waals surface area contributed by atoms with Crippen LogP contribution in [0.5, 0.6) is 0 Å². The SMILES string of the molecule is CCOC(=O)CN(CC(C)C)C(=O)C1CCNCC1.Cl. The molecule has 0 aromatic heterocycles. The van der Waals surface area contributed by atoms with Crippen molar-refractivity contribution >= 4 is 24.3 Å². The molecule has 1 amide bonds. The first kappa shape index (κ1) is 19.2. The third kappa shape index (κ3) is 6.57. The number of piperidine rings is 1. The van der Waals surface area contributed by atoms with Crippen molar-refractivity contribution in [1.29, 1.82) is 0 Å². The number of halogens is 1. The molecule has 0 bridgehead atoms. The van der Waals surface area contributed by atoms with Crippen molar-refractivity contribution in [2.75, 3.05) is 32.8 Å². The molecule has 1 aliphatic rings. The highest BCUT2D eigenvalue weighted by atomic mass is 35.5. The van der Waals surface area contributed by atoms with Gasteiger partial charge in [0, 0.05) is 12.5 Å². The lowest BCUT2D eigenvalue weighted by atomic mass is 9.96. The molecular formula is C14H27ClN2O3. The fraction of sp³-hybridized carbons (Fsp3) is 0.857. The van der Waals surface area contributed by atoms with Gasteiger partial charge in [-0.25, -0.2) is 0 Å². The van der Waals surface area contributed by atoms with Crippen LogP contribution >= 0.6 is 12.4 Å². The van der Waals surface area contributed by atoms with Crippen molar-refractivity contribution in [3.8, 4) is 0 Å². The first-order valence-electron chi connectivity index (χ1n) is 7.19. The molecule has 1 heterocycles. The van der Waals surface area contributed by atoms with E-state index in [1.54, 1.807) is 11.8 Å². The van der Waals surface area contributed by atoms with Gasteiger partial charge in [-0.3, -0.25) is 9.59 Å². The maximum absolute atomic E-state index is 12.5. The minimum absolute atomic E-state index is 0.